The number of carbonyl (C=O) groups excluding carboxylic acids is 2. The van der Waals surface area contributed by atoms with Gasteiger partial charge in [0.15, 0.2) is 0 Å². The molecule has 0 aliphatic heterocycles. The fourth-order valence-electron chi connectivity index (χ4n) is 0.967. The highest BCUT2D eigenvalue weighted by molar-refractivity contribution is 5.66. The summed E-state index contributed by atoms with van der Waals surface area (Å²) < 4.78 is 9.91. The van der Waals surface area contributed by atoms with Gasteiger partial charge in [0.2, 0.25) is 0 Å². The maximum Gasteiger partial charge on any atom is 0.409 e. The average molecular weight is 246 g/mol. The van der Waals surface area contributed by atoms with Gasteiger partial charge in [-0.3, -0.25) is 0 Å². The van der Waals surface area contributed by atoms with Crippen molar-refractivity contribution in [2.45, 2.75) is 20.8 Å². The lowest BCUT2D eigenvalue weighted by atomic mass is 9.81. The molecule has 0 heterocycles. The van der Waals surface area contributed by atoms with Crippen LogP contribution in [0.25, 0.3) is 0 Å². The van der Waals surface area contributed by atoms with Gasteiger partial charge in [0.25, 0.3) is 0 Å². The Bertz CT molecular complexity index is 279. The standard InChI is InChI=1S/C11H22N2O4/c1-8(2)11(3,6-16-9(12)14)7-17-10(15)13(4)5/h8H,6-7H2,1-5H3,(H2,12,14). The summed E-state index contributed by atoms with van der Waals surface area (Å²) in [6.45, 7) is 6.11. The quantitative estimate of drug-likeness (QED) is 0.795. The van der Waals surface area contributed by atoms with E-state index in [-0.39, 0.29) is 19.1 Å². The van der Waals surface area contributed by atoms with E-state index in [9.17, 15) is 9.59 Å². The van der Waals surface area contributed by atoms with E-state index >= 15 is 0 Å². The minimum atomic E-state index is -0.823. The first-order chi connectivity index (χ1) is 7.69. The van der Waals surface area contributed by atoms with Crippen LogP contribution in [-0.2, 0) is 9.47 Å². The van der Waals surface area contributed by atoms with Crippen molar-refractivity contribution < 1.29 is 19.1 Å². The first-order valence-electron chi connectivity index (χ1n) is 5.45. The van der Waals surface area contributed by atoms with Crippen molar-refractivity contribution in [2.75, 3.05) is 27.3 Å². The topological polar surface area (TPSA) is 81.9 Å². The molecule has 0 bridgehead atoms. The summed E-state index contributed by atoms with van der Waals surface area (Å²) in [5, 5.41) is 0. The molecule has 0 saturated carbocycles. The van der Waals surface area contributed by atoms with Crippen molar-refractivity contribution in [1.82, 2.24) is 4.90 Å². The highest BCUT2D eigenvalue weighted by Gasteiger charge is 2.32. The Morgan fingerprint density at radius 1 is 1.24 bits per heavy atom. The summed E-state index contributed by atoms with van der Waals surface area (Å²) in [6.07, 6.45) is -1.24. The Kier molecular flexibility index (Phi) is 5.78. The van der Waals surface area contributed by atoms with E-state index in [0.29, 0.717) is 0 Å². The zero-order valence-electron chi connectivity index (χ0n) is 11.1. The molecule has 2 N–H and O–H groups in total. The van der Waals surface area contributed by atoms with Gasteiger partial charge in [0, 0.05) is 19.5 Å². The van der Waals surface area contributed by atoms with Crippen LogP contribution in [0.1, 0.15) is 20.8 Å². The SMILES string of the molecule is CC(C)C(C)(COC(N)=O)COC(=O)N(C)C. The van der Waals surface area contributed by atoms with E-state index < -0.39 is 17.6 Å². The molecule has 0 aromatic carbocycles. The molecule has 17 heavy (non-hydrogen) atoms. The summed E-state index contributed by atoms with van der Waals surface area (Å²) >= 11 is 0. The van der Waals surface area contributed by atoms with Crippen molar-refractivity contribution in [3.63, 3.8) is 0 Å². The Hall–Kier alpha value is -1.46. The summed E-state index contributed by atoms with van der Waals surface area (Å²) in [7, 11) is 3.21. The van der Waals surface area contributed by atoms with Crippen LogP contribution < -0.4 is 5.73 Å². The van der Waals surface area contributed by atoms with Gasteiger partial charge < -0.3 is 20.1 Å². The van der Waals surface area contributed by atoms with E-state index in [1.807, 2.05) is 20.8 Å². The largest absolute Gasteiger partial charge is 0.449 e. The van der Waals surface area contributed by atoms with Gasteiger partial charge in [0.05, 0.1) is 0 Å². The third-order valence-electron chi connectivity index (χ3n) is 2.83. The van der Waals surface area contributed by atoms with Gasteiger partial charge in [0.1, 0.15) is 13.2 Å². The van der Waals surface area contributed by atoms with E-state index in [1.165, 1.54) is 4.90 Å². The van der Waals surface area contributed by atoms with E-state index in [1.54, 1.807) is 14.1 Å². The molecule has 6 nitrogen and oxygen atoms in total. The molecule has 0 rings (SSSR count). The zero-order chi connectivity index (χ0) is 13.6. The van der Waals surface area contributed by atoms with Crippen LogP contribution in [0.3, 0.4) is 0 Å². The molecule has 1 unspecified atom stereocenters. The third kappa shape index (κ3) is 5.42. The van der Waals surface area contributed by atoms with Gasteiger partial charge in [-0.25, -0.2) is 9.59 Å². The van der Waals surface area contributed by atoms with E-state index in [4.69, 9.17) is 15.2 Å². The second kappa shape index (κ2) is 6.32. The molecule has 0 aromatic rings. The normalized spacial score (nSPS) is 14.0. The second-order valence-corrected chi connectivity index (χ2v) is 4.87. The molecule has 0 saturated heterocycles. The lowest BCUT2D eigenvalue weighted by molar-refractivity contribution is 0.00503. The summed E-state index contributed by atoms with van der Waals surface area (Å²) in [6, 6.07) is 0. The maximum absolute atomic E-state index is 11.3. The first-order valence-corrected chi connectivity index (χ1v) is 5.45. The van der Waals surface area contributed by atoms with Crippen molar-refractivity contribution in [2.24, 2.45) is 17.1 Å². The predicted molar refractivity (Wildman–Crippen MR) is 63.5 cm³/mol. The fraction of sp³-hybridized carbons (Fsp3) is 0.818. The van der Waals surface area contributed by atoms with Crippen LogP contribution in [0.2, 0.25) is 0 Å². The minimum absolute atomic E-state index is 0.126. The molecular weight excluding hydrogens is 224 g/mol. The van der Waals surface area contributed by atoms with Crippen molar-refractivity contribution in [3.8, 4) is 0 Å². The van der Waals surface area contributed by atoms with Gasteiger partial charge in [-0.05, 0) is 5.92 Å². The van der Waals surface area contributed by atoms with E-state index in [0.717, 1.165) is 0 Å². The van der Waals surface area contributed by atoms with Gasteiger partial charge >= 0.3 is 12.2 Å². The highest BCUT2D eigenvalue weighted by atomic mass is 16.6. The molecule has 0 fully saturated rings. The number of primary amides is 1. The van der Waals surface area contributed by atoms with Crippen LogP contribution >= 0.6 is 0 Å². The van der Waals surface area contributed by atoms with Crippen molar-refractivity contribution in [3.05, 3.63) is 0 Å². The molecule has 0 aliphatic rings. The molecule has 1 atom stereocenters. The summed E-state index contributed by atoms with van der Waals surface area (Å²) in [5.41, 5.74) is 4.48. The Balaban J connectivity index is 4.41. The summed E-state index contributed by atoms with van der Waals surface area (Å²) in [5.74, 6) is 0.178. The third-order valence-corrected chi connectivity index (χ3v) is 2.83. The summed E-state index contributed by atoms with van der Waals surface area (Å²) in [4.78, 5) is 23.3. The smallest absolute Gasteiger partial charge is 0.409 e. The van der Waals surface area contributed by atoms with Crippen LogP contribution in [-0.4, -0.2) is 44.4 Å². The Morgan fingerprint density at radius 2 is 1.71 bits per heavy atom. The molecule has 0 spiro atoms. The molecule has 0 aromatic heterocycles. The highest BCUT2D eigenvalue weighted by Crippen LogP contribution is 2.28. The Morgan fingerprint density at radius 3 is 2.06 bits per heavy atom. The van der Waals surface area contributed by atoms with E-state index in [2.05, 4.69) is 0 Å². The Labute approximate surface area is 102 Å². The van der Waals surface area contributed by atoms with Crippen molar-refractivity contribution in [1.29, 1.82) is 0 Å². The molecular formula is C11H22N2O4. The number of hydrogen-bond acceptors (Lipinski definition) is 4. The number of nitrogens with two attached hydrogens (primary N) is 1. The number of ether oxygens (including phenoxy) is 2. The fourth-order valence-corrected chi connectivity index (χ4v) is 0.967. The van der Waals surface area contributed by atoms with Crippen LogP contribution in [0.5, 0.6) is 0 Å². The number of rotatable bonds is 5. The molecule has 0 aliphatic carbocycles. The van der Waals surface area contributed by atoms with Crippen LogP contribution in [0, 0.1) is 11.3 Å². The second-order valence-electron chi connectivity index (χ2n) is 4.87. The lowest BCUT2D eigenvalue weighted by Gasteiger charge is -2.32. The lowest BCUT2D eigenvalue weighted by Crippen LogP contribution is -2.38. The van der Waals surface area contributed by atoms with Crippen LogP contribution in [0.15, 0.2) is 0 Å². The molecule has 0 radical (unpaired) electrons. The van der Waals surface area contributed by atoms with Gasteiger partial charge in [-0.1, -0.05) is 20.8 Å². The monoisotopic (exact) mass is 246 g/mol. The van der Waals surface area contributed by atoms with Gasteiger partial charge in [-0.2, -0.15) is 0 Å². The maximum atomic E-state index is 11.3. The number of amides is 2. The molecule has 6 heteroatoms. The van der Waals surface area contributed by atoms with Gasteiger partial charge in [-0.15, -0.1) is 0 Å². The van der Waals surface area contributed by atoms with Crippen molar-refractivity contribution >= 4 is 12.2 Å². The number of carbonyl (C=O) groups is 2. The molecule has 2 amide bonds. The number of hydrogen-bond donors (Lipinski definition) is 1. The molecule has 100 valence electrons. The average Bonchev–Trinajstić information content (AvgIpc) is 2.22. The predicted octanol–water partition coefficient (Wildman–Crippen LogP) is 1.44. The van der Waals surface area contributed by atoms with Crippen LogP contribution in [0.4, 0.5) is 9.59 Å². The minimum Gasteiger partial charge on any atom is -0.449 e. The number of nitrogens with zero attached hydrogens (tertiary/aromatic N) is 1. The zero-order valence-corrected chi connectivity index (χ0v) is 11.1. The first kappa shape index (κ1) is 15.5.